The van der Waals surface area contributed by atoms with E-state index in [1.807, 2.05) is 45.0 Å². The summed E-state index contributed by atoms with van der Waals surface area (Å²) in [5.41, 5.74) is 4.21. The molecule has 1 heterocycles. The van der Waals surface area contributed by atoms with Crippen molar-refractivity contribution in [2.45, 2.75) is 32.1 Å². The lowest BCUT2D eigenvalue weighted by molar-refractivity contribution is 0.410. The van der Waals surface area contributed by atoms with Gasteiger partial charge in [-0.1, -0.05) is 18.2 Å². The van der Waals surface area contributed by atoms with Crippen LogP contribution >= 0.6 is 0 Å². The van der Waals surface area contributed by atoms with E-state index < -0.39 is 10.0 Å². The van der Waals surface area contributed by atoms with Crippen molar-refractivity contribution in [3.8, 4) is 5.75 Å². The maximum Gasteiger partial charge on any atom is 0.264 e. The number of sulfonamides is 1. The summed E-state index contributed by atoms with van der Waals surface area (Å²) in [5.74, 6) is 0.723. The van der Waals surface area contributed by atoms with E-state index in [4.69, 9.17) is 4.74 Å². The van der Waals surface area contributed by atoms with Gasteiger partial charge in [-0.3, -0.25) is 4.31 Å². The highest BCUT2D eigenvalue weighted by molar-refractivity contribution is 7.93. The molecule has 3 rings (SSSR count). The summed E-state index contributed by atoms with van der Waals surface area (Å²) in [6, 6.07) is 9.50. The van der Waals surface area contributed by atoms with Gasteiger partial charge in [-0.15, -0.1) is 0 Å². The van der Waals surface area contributed by atoms with E-state index in [9.17, 15) is 8.42 Å². The highest BCUT2D eigenvalue weighted by Crippen LogP contribution is 2.37. The minimum absolute atomic E-state index is 0.396. The number of hydrogen-bond acceptors (Lipinski definition) is 3. The van der Waals surface area contributed by atoms with E-state index in [1.165, 1.54) is 4.31 Å². The summed E-state index contributed by atoms with van der Waals surface area (Å²) in [7, 11) is -1.98. The summed E-state index contributed by atoms with van der Waals surface area (Å²) in [6.07, 6.45) is 0.753. The number of methoxy groups -OCH3 is 1. The molecule has 0 aliphatic carbocycles. The van der Waals surface area contributed by atoms with Gasteiger partial charge in [0, 0.05) is 6.54 Å². The van der Waals surface area contributed by atoms with Crippen molar-refractivity contribution in [2.75, 3.05) is 18.0 Å². The van der Waals surface area contributed by atoms with Crippen molar-refractivity contribution >= 4 is 15.7 Å². The minimum Gasteiger partial charge on any atom is -0.496 e. The van der Waals surface area contributed by atoms with Gasteiger partial charge in [0.1, 0.15) is 5.75 Å². The molecule has 0 spiro atoms. The van der Waals surface area contributed by atoms with Crippen LogP contribution in [0.5, 0.6) is 5.75 Å². The summed E-state index contributed by atoms with van der Waals surface area (Å²) in [4.78, 5) is 0.396. The molecule has 0 amide bonds. The number of rotatable bonds is 3. The summed E-state index contributed by atoms with van der Waals surface area (Å²) >= 11 is 0. The highest BCUT2D eigenvalue weighted by atomic mass is 32.2. The van der Waals surface area contributed by atoms with E-state index in [0.29, 0.717) is 17.0 Å². The normalized spacial score (nSPS) is 14.0. The second kappa shape index (κ2) is 5.57. The van der Waals surface area contributed by atoms with Gasteiger partial charge in [-0.2, -0.15) is 0 Å². The molecular formula is C18H21NO3S. The number of para-hydroxylation sites is 1. The van der Waals surface area contributed by atoms with Gasteiger partial charge in [-0.25, -0.2) is 8.42 Å². The van der Waals surface area contributed by atoms with E-state index >= 15 is 0 Å². The van der Waals surface area contributed by atoms with Gasteiger partial charge in [-0.05, 0) is 61.6 Å². The van der Waals surface area contributed by atoms with Gasteiger partial charge in [0.2, 0.25) is 0 Å². The third-order valence-electron chi connectivity index (χ3n) is 4.59. The lowest BCUT2D eigenvalue weighted by Gasteiger charge is -2.23. The van der Waals surface area contributed by atoms with Crippen LogP contribution in [0, 0.1) is 20.8 Å². The smallest absolute Gasteiger partial charge is 0.264 e. The van der Waals surface area contributed by atoms with Gasteiger partial charge in [0.25, 0.3) is 10.0 Å². The third-order valence-corrected chi connectivity index (χ3v) is 6.69. The van der Waals surface area contributed by atoms with Gasteiger partial charge in [0.05, 0.1) is 17.7 Å². The number of hydrogen-bond donors (Lipinski definition) is 0. The summed E-state index contributed by atoms with van der Waals surface area (Å²) in [6.45, 7) is 6.06. The largest absolute Gasteiger partial charge is 0.496 e. The monoisotopic (exact) mass is 331 g/mol. The van der Waals surface area contributed by atoms with E-state index in [1.54, 1.807) is 13.2 Å². The maximum absolute atomic E-state index is 13.3. The molecule has 122 valence electrons. The predicted molar refractivity (Wildman–Crippen MR) is 91.9 cm³/mol. The Hall–Kier alpha value is -2.01. The van der Waals surface area contributed by atoms with Crippen molar-refractivity contribution in [1.82, 2.24) is 0 Å². The summed E-state index contributed by atoms with van der Waals surface area (Å²) in [5, 5.41) is 0. The predicted octanol–water partition coefficient (Wildman–Crippen LogP) is 3.37. The number of fused-ring (bicyclic) bond motifs is 1. The molecule has 1 aliphatic rings. The Morgan fingerprint density at radius 1 is 1.09 bits per heavy atom. The van der Waals surface area contributed by atoms with Crippen LogP contribution < -0.4 is 9.04 Å². The Morgan fingerprint density at radius 2 is 1.78 bits per heavy atom. The van der Waals surface area contributed by atoms with Crippen LogP contribution in [0.4, 0.5) is 5.69 Å². The van der Waals surface area contributed by atoms with Crippen molar-refractivity contribution in [1.29, 1.82) is 0 Å². The first-order valence-corrected chi connectivity index (χ1v) is 9.07. The number of ether oxygens (including phenoxy) is 1. The molecule has 0 aromatic heterocycles. The van der Waals surface area contributed by atoms with Crippen LogP contribution in [-0.2, 0) is 16.4 Å². The van der Waals surface area contributed by atoms with Crippen molar-refractivity contribution in [3.63, 3.8) is 0 Å². The SMILES string of the molecule is COc1cc(C)c(S(=O)(=O)N2CCc3ccccc32)c(C)c1C. The Kier molecular flexibility index (Phi) is 3.84. The van der Waals surface area contributed by atoms with E-state index in [-0.39, 0.29) is 0 Å². The Labute approximate surface area is 137 Å². The van der Waals surface area contributed by atoms with Gasteiger partial charge in [0.15, 0.2) is 0 Å². The lowest BCUT2D eigenvalue weighted by Crippen LogP contribution is -2.30. The fraction of sp³-hybridized carbons (Fsp3) is 0.333. The molecule has 0 saturated heterocycles. The van der Waals surface area contributed by atoms with E-state index in [0.717, 1.165) is 34.5 Å². The van der Waals surface area contributed by atoms with E-state index in [2.05, 4.69) is 0 Å². The average molecular weight is 331 g/mol. The Bertz CT molecular complexity index is 872. The second-order valence-corrected chi connectivity index (χ2v) is 7.73. The molecule has 0 atom stereocenters. The van der Waals surface area contributed by atoms with Crippen LogP contribution in [0.1, 0.15) is 22.3 Å². The number of aryl methyl sites for hydroxylation is 1. The Morgan fingerprint density at radius 3 is 2.48 bits per heavy atom. The molecule has 1 aliphatic heterocycles. The zero-order valence-corrected chi connectivity index (χ0v) is 14.7. The minimum atomic E-state index is -3.58. The first-order valence-electron chi connectivity index (χ1n) is 7.63. The fourth-order valence-corrected chi connectivity index (χ4v) is 5.29. The number of anilines is 1. The summed E-state index contributed by atoms with van der Waals surface area (Å²) < 4.78 is 33.4. The van der Waals surface area contributed by atoms with Crippen molar-refractivity contribution < 1.29 is 13.2 Å². The molecule has 5 heteroatoms. The zero-order valence-electron chi connectivity index (χ0n) is 13.9. The second-order valence-electron chi connectivity index (χ2n) is 5.93. The number of nitrogens with zero attached hydrogens (tertiary/aromatic N) is 1. The van der Waals surface area contributed by atoms with Crippen molar-refractivity contribution in [3.05, 3.63) is 52.6 Å². The number of benzene rings is 2. The van der Waals surface area contributed by atoms with Crippen molar-refractivity contribution in [2.24, 2.45) is 0 Å². The molecule has 23 heavy (non-hydrogen) atoms. The van der Waals surface area contributed by atoms with Gasteiger partial charge >= 0.3 is 0 Å². The molecular weight excluding hydrogens is 310 g/mol. The molecule has 2 aromatic carbocycles. The lowest BCUT2D eigenvalue weighted by atomic mass is 10.1. The van der Waals surface area contributed by atoms with Crippen LogP contribution in [0.3, 0.4) is 0 Å². The molecule has 2 aromatic rings. The molecule has 0 saturated carbocycles. The molecule has 0 radical (unpaired) electrons. The first-order chi connectivity index (χ1) is 10.9. The van der Waals surface area contributed by atoms with Gasteiger partial charge < -0.3 is 4.74 Å². The Balaban J connectivity index is 2.18. The molecule has 0 fully saturated rings. The molecule has 0 bridgehead atoms. The zero-order chi connectivity index (χ0) is 16.8. The van der Waals surface area contributed by atoms with Crippen LogP contribution in [-0.4, -0.2) is 22.1 Å². The standard InChI is InChI=1S/C18H21NO3S/c1-12-11-17(22-4)13(2)14(3)18(12)23(20,21)19-10-9-15-7-5-6-8-16(15)19/h5-8,11H,9-10H2,1-4H3. The average Bonchev–Trinajstić information content (AvgIpc) is 2.95. The first kappa shape index (κ1) is 15.9. The van der Waals surface area contributed by atoms with Crippen LogP contribution in [0.15, 0.2) is 35.2 Å². The molecule has 4 nitrogen and oxygen atoms in total. The fourth-order valence-electron chi connectivity index (χ4n) is 3.30. The van der Waals surface area contributed by atoms with Crippen LogP contribution in [0.25, 0.3) is 0 Å². The molecule has 0 unspecified atom stereocenters. The topological polar surface area (TPSA) is 46.6 Å². The van der Waals surface area contributed by atoms with Crippen LogP contribution in [0.2, 0.25) is 0 Å². The molecule has 0 N–H and O–H groups in total. The third kappa shape index (κ3) is 2.39. The maximum atomic E-state index is 13.3. The highest BCUT2D eigenvalue weighted by Gasteiger charge is 2.33. The quantitative estimate of drug-likeness (QED) is 0.866.